The van der Waals surface area contributed by atoms with Crippen LogP contribution >= 0.6 is 24.0 Å². The molecule has 1 amide bonds. The number of amides is 1. The van der Waals surface area contributed by atoms with Gasteiger partial charge in [0.25, 0.3) is 5.91 Å². The maximum absolute atomic E-state index is 11.9. The van der Waals surface area contributed by atoms with Gasteiger partial charge >= 0.3 is 0 Å². The van der Waals surface area contributed by atoms with E-state index in [0.717, 1.165) is 24.2 Å². The standard InChI is InChI=1S/C13H17ClN2O2.ClH/c14-10-3-4-11-9(7-10)8-12(18-11)13(17)16-6-2-1-5-15;/h3-4,7,12H,1-2,5-6,8,15H2,(H,16,17);1H. The molecule has 0 saturated heterocycles. The van der Waals surface area contributed by atoms with E-state index in [0.29, 0.717) is 24.5 Å². The Labute approximate surface area is 124 Å². The number of ether oxygens (including phenoxy) is 1. The molecule has 1 aromatic carbocycles. The first kappa shape index (κ1) is 16.1. The molecule has 3 N–H and O–H groups in total. The molecule has 1 atom stereocenters. The quantitative estimate of drug-likeness (QED) is 0.817. The molecule has 1 aliphatic heterocycles. The van der Waals surface area contributed by atoms with Gasteiger partial charge in [-0.25, -0.2) is 0 Å². The van der Waals surface area contributed by atoms with Gasteiger partial charge in [0.1, 0.15) is 5.75 Å². The van der Waals surface area contributed by atoms with Crippen LogP contribution in [0, 0.1) is 0 Å². The van der Waals surface area contributed by atoms with E-state index in [4.69, 9.17) is 22.1 Å². The summed E-state index contributed by atoms with van der Waals surface area (Å²) < 4.78 is 5.59. The van der Waals surface area contributed by atoms with Crippen molar-refractivity contribution in [1.82, 2.24) is 5.32 Å². The van der Waals surface area contributed by atoms with Crippen LogP contribution < -0.4 is 15.8 Å². The summed E-state index contributed by atoms with van der Waals surface area (Å²) in [5.74, 6) is 0.681. The Bertz CT molecular complexity index is 441. The zero-order chi connectivity index (χ0) is 13.0. The lowest BCUT2D eigenvalue weighted by Crippen LogP contribution is -2.37. The molecule has 0 saturated carbocycles. The van der Waals surface area contributed by atoms with Crippen molar-refractivity contribution in [3.05, 3.63) is 28.8 Å². The minimum absolute atomic E-state index is 0. The molecule has 1 unspecified atom stereocenters. The number of halogens is 2. The summed E-state index contributed by atoms with van der Waals surface area (Å²) in [5.41, 5.74) is 6.38. The molecule has 1 heterocycles. The highest BCUT2D eigenvalue weighted by atomic mass is 35.5. The number of hydrogen-bond acceptors (Lipinski definition) is 3. The second-order valence-corrected chi connectivity index (χ2v) is 4.79. The lowest BCUT2D eigenvalue weighted by atomic mass is 10.1. The first-order valence-corrected chi connectivity index (χ1v) is 6.51. The molecule has 2 rings (SSSR count). The minimum atomic E-state index is -0.434. The Hall–Kier alpha value is -0.970. The highest BCUT2D eigenvalue weighted by Gasteiger charge is 2.28. The molecule has 0 radical (unpaired) electrons. The summed E-state index contributed by atoms with van der Waals surface area (Å²) >= 11 is 5.90. The molecule has 0 aliphatic carbocycles. The lowest BCUT2D eigenvalue weighted by Gasteiger charge is -2.10. The van der Waals surface area contributed by atoms with Crippen LogP contribution in [0.15, 0.2) is 18.2 Å². The first-order valence-electron chi connectivity index (χ1n) is 6.13. The molecule has 1 aromatic rings. The van der Waals surface area contributed by atoms with Crippen molar-refractivity contribution in [2.75, 3.05) is 13.1 Å². The number of carbonyl (C=O) groups excluding carboxylic acids is 1. The Morgan fingerprint density at radius 2 is 2.26 bits per heavy atom. The third kappa shape index (κ3) is 4.27. The van der Waals surface area contributed by atoms with E-state index in [9.17, 15) is 4.79 Å². The smallest absolute Gasteiger partial charge is 0.261 e. The molecule has 1 aliphatic rings. The summed E-state index contributed by atoms with van der Waals surface area (Å²) in [6, 6.07) is 5.42. The van der Waals surface area contributed by atoms with Gasteiger partial charge in [-0.15, -0.1) is 12.4 Å². The van der Waals surface area contributed by atoms with Crippen LogP contribution in [0.4, 0.5) is 0 Å². The molecule has 19 heavy (non-hydrogen) atoms. The van der Waals surface area contributed by atoms with Crippen LogP contribution in [0.2, 0.25) is 5.02 Å². The first-order chi connectivity index (χ1) is 8.70. The lowest BCUT2D eigenvalue weighted by molar-refractivity contribution is -0.127. The fourth-order valence-electron chi connectivity index (χ4n) is 1.96. The minimum Gasteiger partial charge on any atom is -0.480 e. The summed E-state index contributed by atoms with van der Waals surface area (Å²) in [6.07, 6.45) is 1.96. The van der Waals surface area contributed by atoms with E-state index in [2.05, 4.69) is 5.32 Å². The summed E-state index contributed by atoms with van der Waals surface area (Å²) in [6.45, 7) is 1.30. The topological polar surface area (TPSA) is 64.3 Å². The van der Waals surface area contributed by atoms with Crippen LogP contribution in [-0.4, -0.2) is 25.1 Å². The van der Waals surface area contributed by atoms with Crippen molar-refractivity contribution >= 4 is 29.9 Å². The Kier molecular flexibility index (Phi) is 6.42. The van der Waals surface area contributed by atoms with Gasteiger partial charge < -0.3 is 15.8 Å². The van der Waals surface area contributed by atoms with Crippen molar-refractivity contribution in [3.8, 4) is 5.75 Å². The van der Waals surface area contributed by atoms with Gasteiger partial charge in [-0.2, -0.15) is 0 Å². The number of hydrogen-bond donors (Lipinski definition) is 2. The molecule has 0 aromatic heterocycles. The average molecular weight is 305 g/mol. The number of fused-ring (bicyclic) bond motifs is 1. The number of rotatable bonds is 5. The monoisotopic (exact) mass is 304 g/mol. The van der Waals surface area contributed by atoms with Crippen LogP contribution in [-0.2, 0) is 11.2 Å². The number of carbonyl (C=O) groups is 1. The summed E-state index contributed by atoms with van der Waals surface area (Å²) in [7, 11) is 0. The van der Waals surface area contributed by atoms with Crippen molar-refractivity contribution in [2.24, 2.45) is 5.73 Å². The highest BCUT2D eigenvalue weighted by molar-refractivity contribution is 6.30. The van der Waals surface area contributed by atoms with E-state index >= 15 is 0 Å². The second kappa shape index (κ2) is 7.58. The molecule has 0 bridgehead atoms. The Morgan fingerprint density at radius 3 is 3.00 bits per heavy atom. The second-order valence-electron chi connectivity index (χ2n) is 4.35. The third-order valence-corrected chi connectivity index (χ3v) is 3.15. The van der Waals surface area contributed by atoms with Crippen molar-refractivity contribution < 1.29 is 9.53 Å². The predicted octanol–water partition coefficient (Wildman–Crippen LogP) is 1.92. The predicted molar refractivity (Wildman–Crippen MR) is 78.1 cm³/mol. The number of benzene rings is 1. The zero-order valence-corrected chi connectivity index (χ0v) is 12.1. The van der Waals surface area contributed by atoms with Gasteiger partial charge in [0.2, 0.25) is 0 Å². The molecular weight excluding hydrogens is 287 g/mol. The van der Waals surface area contributed by atoms with E-state index in [1.165, 1.54) is 0 Å². The highest BCUT2D eigenvalue weighted by Crippen LogP contribution is 2.31. The maximum atomic E-state index is 11.9. The van der Waals surface area contributed by atoms with Crippen LogP contribution in [0.5, 0.6) is 5.75 Å². The zero-order valence-electron chi connectivity index (χ0n) is 10.5. The van der Waals surface area contributed by atoms with E-state index in [-0.39, 0.29) is 18.3 Å². The van der Waals surface area contributed by atoms with E-state index in [1.54, 1.807) is 12.1 Å². The third-order valence-electron chi connectivity index (χ3n) is 2.92. The summed E-state index contributed by atoms with van der Waals surface area (Å²) in [5, 5.41) is 3.52. The number of nitrogens with two attached hydrogens (primary N) is 1. The van der Waals surface area contributed by atoms with Crippen LogP contribution in [0.1, 0.15) is 18.4 Å². The molecular formula is C13H18Cl2N2O2. The van der Waals surface area contributed by atoms with Gasteiger partial charge in [0.15, 0.2) is 6.10 Å². The fourth-order valence-corrected chi connectivity index (χ4v) is 2.15. The van der Waals surface area contributed by atoms with Gasteiger partial charge in [-0.05, 0) is 43.1 Å². The number of unbranched alkanes of at least 4 members (excludes halogenated alkanes) is 1. The van der Waals surface area contributed by atoms with Crippen molar-refractivity contribution in [3.63, 3.8) is 0 Å². The van der Waals surface area contributed by atoms with E-state index < -0.39 is 6.10 Å². The van der Waals surface area contributed by atoms with Crippen molar-refractivity contribution in [1.29, 1.82) is 0 Å². The molecule has 4 nitrogen and oxygen atoms in total. The van der Waals surface area contributed by atoms with Gasteiger partial charge in [-0.3, -0.25) is 4.79 Å². The Morgan fingerprint density at radius 1 is 1.47 bits per heavy atom. The van der Waals surface area contributed by atoms with Crippen LogP contribution in [0.25, 0.3) is 0 Å². The fraction of sp³-hybridized carbons (Fsp3) is 0.462. The maximum Gasteiger partial charge on any atom is 0.261 e. The largest absolute Gasteiger partial charge is 0.480 e. The van der Waals surface area contributed by atoms with Gasteiger partial charge in [0.05, 0.1) is 0 Å². The average Bonchev–Trinajstić information content (AvgIpc) is 2.77. The molecule has 106 valence electrons. The molecule has 0 spiro atoms. The van der Waals surface area contributed by atoms with Gasteiger partial charge in [0, 0.05) is 18.0 Å². The molecule has 0 fully saturated rings. The SMILES string of the molecule is Cl.NCCCCNC(=O)C1Cc2cc(Cl)ccc2O1. The normalized spacial score (nSPS) is 16.2. The summed E-state index contributed by atoms with van der Waals surface area (Å²) in [4.78, 5) is 11.9. The van der Waals surface area contributed by atoms with Crippen molar-refractivity contribution in [2.45, 2.75) is 25.4 Å². The molecule has 6 heteroatoms. The van der Waals surface area contributed by atoms with Gasteiger partial charge in [-0.1, -0.05) is 11.6 Å². The Balaban J connectivity index is 0.00000180. The van der Waals surface area contributed by atoms with Crippen LogP contribution in [0.3, 0.4) is 0 Å². The van der Waals surface area contributed by atoms with E-state index in [1.807, 2.05) is 6.07 Å². The number of nitrogens with one attached hydrogen (secondary N) is 1.